The number of hydrogen-bond acceptors (Lipinski definition) is 2. The Kier molecular flexibility index (Phi) is 1.78. The Morgan fingerprint density at radius 3 is 2.44 bits per heavy atom. The molecule has 0 aliphatic carbocycles. The van der Waals surface area contributed by atoms with Crippen LogP contribution in [0.3, 0.4) is 0 Å². The number of hydrogen-bond donors (Lipinski definition) is 1. The topological polar surface area (TPSA) is 15.3 Å². The highest BCUT2D eigenvalue weighted by atomic mass is 15.2. The molecule has 0 bridgehead atoms. The highest BCUT2D eigenvalue weighted by Gasteiger charge is 2.29. The molecule has 2 nitrogen and oxygen atoms in total. The number of rotatable bonds is 1. The number of likely N-dealkylation sites (tertiary alicyclic amines) is 1. The Morgan fingerprint density at radius 1 is 1.56 bits per heavy atom. The number of likely N-dealkylation sites (N-methyl/N-ethyl adjacent to an activating group) is 2. The van der Waals surface area contributed by atoms with Gasteiger partial charge in [0.15, 0.2) is 0 Å². The quantitative estimate of drug-likeness (QED) is 0.546. The third kappa shape index (κ3) is 1.43. The number of nitrogens with one attached hydrogen (secondary N) is 1. The minimum absolute atomic E-state index is 0.384. The van der Waals surface area contributed by atoms with Gasteiger partial charge in [0, 0.05) is 12.1 Å². The molecule has 0 spiro atoms. The summed E-state index contributed by atoms with van der Waals surface area (Å²) < 4.78 is 0. The van der Waals surface area contributed by atoms with E-state index >= 15 is 0 Å². The molecule has 0 aromatic carbocycles. The van der Waals surface area contributed by atoms with E-state index in [9.17, 15) is 0 Å². The highest BCUT2D eigenvalue weighted by Crippen LogP contribution is 2.17. The van der Waals surface area contributed by atoms with Crippen LogP contribution in [0.4, 0.5) is 0 Å². The van der Waals surface area contributed by atoms with Crippen LogP contribution in [0, 0.1) is 0 Å². The standard InChI is InChI=1S/C7H16N2/c1-7(8-2)4-5-9(3)6-7/h8H,4-6H2,1-3H3/t7-/m1/s1. The predicted molar refractivity (Wildman–Crippen MR) is 39.6 cm³/mol. The molecular formula is C7H16N2. The van der Waals surface area contributed by atoms with E-state index in [-0.39, 0.29) is 0 Å². The van der Waals surface area contributed by atoms with E-state index in [0.717, 1.165) is 0 Å². The average Bonchev–Trinajstić information content (AvgIpc) is 2.13. The largest absolute Gasteiger partial charge is 0.313 e. The zero-order chi connectivity index (χ0) is 6.91. The normalized spacial score (nSPS) is 37.7. The van der Waals surface area contributed by atoms with Gasteiger partial charge in [-0.25, -0.2) is 0 Å². The van der Waals surface area contributed by atoms with Crippen LogP contribution >= 0.6 is 0 Å². The zero-order valence-electron chi connectivity index (χ0n) is 6.57. The summed E-state index contributed by atoms with van der Waals surface area (Å²) in [6, 6.07) is 0. The Morgan fingerprint density at radius 2 is 2.22 bits per heavy atom. The van der Waals surface area contributed by atoms with Crippen molar-refractivity contribution in [2.24, 2.45) is 0 Å². The number of nitrogens with zero attached hydrogens (tertiary/aromatic N) is 1. The molecule has 0 aromatic rings. The van der Waals surface area contributed by atoms with E-state index in [1.54, 1.807) is 0 Å². The Hall–Kier alpha value is -0.0800. The lowest BCUT2D eigenvalue weighted by Crippen LogP contribution is -2.41. The Labute approximate surface area is 57.2 Å². The van der Waals surface area contributed by atoms with E-state index in [4.69, 9.17) is 0 Å². The second-order valence-electron chi connectivity index (χ2n) is 3.30. The van der Waals surface area contributed by atoms with Crippen molar-refractivity contribution in [2.75, 3.05) is 27.2 Å². The van der Waals surface area contributed by atoms with Gasteiger partial charge in [0.25, 0.3) is 0 Å². The summed E-state index contributed by atoms with van der Waals surface area (Å²) in [5.41, 5.74) is 0.384. The molecule has 9 heavy (non-hydrogen) atoms. The van der Waals surface area contributed by atoms with Gasteiger partial charge in [-0.05, 0) is 34.0 Å². The van der Waals surface area contributed by atoms with Crippen molar-refractivity contribution in [1.29, 1.82) is 0 Å². The van der Waals surface area contributed by atoms with Gasteiger partial charge in [-0.15, -0.1) is 0 Å². The van der Waals surface area contributed by atoms with Crippen molar-refractivity contribution < 1.29 is 0 Å². The van der Waals surface area contributed by atoms with Gasteiger partial charge in [0.1, 0.15) is 0 Å². The summed E-state index contributed by atoms with van der Waals surface area (Å²) >= 11 is 0. The second kappa shape index (κ2) is 2.27. The molecule has 2 heteroatoms. The van der Waals surface area contributed by atoms with Gasteiger partial charge < -0.3 is 10.2 Å². The molecule has 1 heterocycles. The molecule has 1 rings (SSSR count). The van der Waals surface area contributed by atoms with E-state index in [1.165, 1.54) is 19.5 Å². The van der Waals surface area contributed by atoms with Crippen LogP contribution in [-0.4, -0.2) is 37.6 Å². The predicted octanol–water partition coefficient (Wildman–Crippen LogP) is 0.300. The molecule has 1 fully saturated rings. The molecule has 1 atom stereocenters. The molecule has 0 aromatic heterocycles. The van der Waals surface area contributed by atoms with E-state index in [2.05, 4.69) is 24.2 Å². The first-order valence-corrected chi connectivity index (χ1v) is 3.54. The minimum atomic E-state index is 0.384. The molecule has 0 saturated carbocycles. The fraction of sp³-hybridized carbons (Fsp3) is 1.00. The molecule has 1 aliphatic rings. The molecule has 0 radical (unpaired) electrons. The fourth-order valence-corrected chi connectivity index (χ4v) is 1.40. The summed E-state index contributed by atoms with van der Waals surface area (Å²) in [5.74, 6) is 0. The van der Waals surface area contributed by atoms with Gasteiger partial charge in [0.05, 0.1) is 0 Å². The van der Waals surface area contributed by atoms with Gasteiger partial charge in [0.2, 0.25) is 0 Å². The summed E-state index contributed by atoms with van der Waals surface area (Å²) in [7, 11) is 4.21. The molecule has 0 unspecified atom stereocenters. The SMILES string of the molecule is CN[C@]1(C)CCN(C)C1. The first-order chi connectivity index (χ1) is 4.16. The van der Waals surface area contributed by atoms with Crippen molar-refractivity contribution in [3.63, 3.8) is 0 Å². The van der Waals surface area contributed by atoms with Crippen LogP contribution < -0.4 is 5.32 Å². The first-order valence-electron chi connectivity index (χ1n) is 3.54. The van der Waals surface area contributed by atoms with Crippen molar-refractivity contribution >= 4 is 0 Å². The lowest BCUT2D eigenvalue weighted by atomic mass is 10.0. The van der Waals surface area contributed by atoms with Crippen molar-refractivity contribution in [1.82, 2.24) is 10.2 Å². The van der Waals surface area contributed by atoms with Gasteiger partial charge >= 0.3 is 0 Å². The zero-order valence-corrected chi connectivity index (χ0v) is 6.57. The molecule has 1 N–H and O–H groups in total. The van der Waals surface area contributed by atoms with Crippen molar-refractivity contribution in [3.8, 4) is 0 Å². The van der Waals surface area contributed by atoms with E-state index in [1.807, 2.05) is 7.05 Å². The van der Waals surface area contributed by atoms with Crippen molar-refractivity contribution in [3.05, 3.63) is 0 Å². The van der Waals surface area contributed by atoms with Crippen LogP contribution in [0.1, 0.15) is 13.3 Å². The van der Waals surface area contributed by atoms with Crippen molar-refractivity contribution in [2.45, 2.75) is 18.9 Å². The second-order valence-corrected chi connectivity index (χ2v) is 3.30. The third-order valence-corrected chi connectivity index (χ3v) is 2.27. The van der Waals surface area contributed by atoms with Gasteiger partial charge in [-0.3, -0.25) is 0 Å². The maximum absolute atomic E-state index is 3.33. The van der Waals surface area contributed by atoms with Crippen LogP contribution in [0.25, 0.3) is 0 Å². The summed E-state index contributed by atoms with van der Waals surface area (Å²) in [6.45, 7) is 4.69. The molecule has 0 amide bonds. The molecule has 54 valence electrons. The smallest absolute Gasteiger partial charge is 0.0289 e. The minimum Gasteiger partial charge on any atom is -0.313 e. The summed E-state index contributed by atoms with van der Waals surface area (Å²) in [4.78, 5) is 2.36. The van der Waals surface area contributed by atoms with Gasteiger partial charge in [-0.1, -0.05) is 0 Å². The van der Waals surface area contributed by atoms with Crippen LogP contribution in [-0.2, 0) is 0 Å². The summed E-state index contributed by atoms with van der Waals surface area (Å²) in [6.07, 6.45) is 1.28. The highest BCUT2D eigenvalue weighted by molar-refractivity contribution is 4.90. The van der Waals surface area contributed by atoms with Crippen LogP contribution in [0.15, 0.2) is 0 Å². The molecular weight excluding hydrogens is 112 g/mol. The van der Waals surface area contributed by atoms with E-state index in [0.29, 0.717) is 5.54 Å². The lowest BCUT2D eigenvalue weighted by molar-refractivity contribution is 0.350. The average molecular weight is 128 g/mol. The maximum Gasteiger partial charge on any atom is 0.0289 e. The van der Waals surface area contributed by atoms with Crippen LogP contribution in [0.5, 0.6) is 0 Å². The lowest BCUT2D eigenvalue weighted by Gasteiger charge is -2.22. The van der Waals surface area contributed by atoms with Gasteiger partial charge in [-0.2, -0.15) is 0 Å². The van der Waals surface area contributed by atoms with Crippen LogP contribution in [0.2, 0.25) is 0 Å². The third-order valence-electron chi connectivity index (χ3n) is 2.27. The fourth-order valence-electron chi connectivity index (χ4n) is 1.40. The molecule has 1 aliphatic heterocycles. The maximum atomic E-state index is 3.33. The van der Waals surface area contributed by atoms with E-state index < -0.39 is 0 Å². The Balaban J connectivity index is 2.45. The Bertz CT molecular complexity index is 103. The first kappa shape index (κ1) is 7.03. The summed E-state index contributed by atoms with van der Waals surface area (Å²) in [5, 5.41) is 3.33. The molecule has 1 saturated heterocycles. The monoisotopic (exact) mass is 128 g/mol.